The highest BCUT2D eigenvalue weighted by molar-refractivity contribution is 5.85. The van der Waals surface area contributed by atoms with E-state index >= 15 is 0 Å². The molecule has 2 heterocycles. The molecule has 0 unspecified atom stereocenters. The third-order valence-electron chi connectivity index (χ3n) is 4.16. The fourth-order valence-corrected chi connectivity index (χ4v) is 2.64. The van der Waals surface area contributed by atoms with Gasteiger partial charge in [-0.25, -0.2) is 0 Å². The van der Waals surface area contributed by atoms with Crippen LogP contribution in [-0.4, -0.2) is 59.4 Å². The highest BCUT2D eigenvalue weighted by atomic mass is 16.4. The standard InChI is InChI=1S/C16H22N2O5/c1-17(14(19)5-4-13-3-2-10-23-13)11-15(20)18-8-6-12(7-9-18)16(21)22/h2-3,10,12H,4-9,11H2,1H3,(H,21,22). The summed E-state index contributed by atoms with van der Waals surface area (Å²) in [6, 6.07) is 3.58. The molecule has 2 amide bonds. The van der Waals surface area contributed by atoms with E-state index in [1.165, 1.54) is 4.90 Å². The third-order valence-corrected chi connectivity index (χ3v) is 4.16. The molecule has 1 N–H and O–H groups in total. The maximum absolute atomic E-state index is 12.2. The van der Waals surface area contributed by atoms with Gasteiger partial charge in [0.2, 0.25) is 11.8 Å². The number of carbonyl (C=O) groups excluding carboxylic acids is 2. The Labute approximate surface area is 134 Å². The molecule has 1 aliphatic rings. The van der Waals surface area contributed by atoms with Crippen molar-refractivity contribution >= 4 is 17.8 Å². The van der Waals surface area contributed by atoms with Gasteiger partial charge < -0.3 is 19.3 Å². The normalized spacial score (nSPS) is 15.4. The van der Waals surface area contributed by atoms with Crippen molar-refractivity contribution in [1.29, 1.82) is 0 Å². The minimum Gasteiger partial charge on any atom is -0.481 e. The van der Waals surface area contributed by atoms with E-state index in [9.17, 15) is 14.4 Å². The quantitative estimate of drug-likeness (QED) is 0.843. The fraction of sp³-hybridized carbons (Fsp3) is 0.562. The van der Waals surface area contributed by atoms with Crippen LogP contribution in [0.15, 0.2) is 22.8 Å². The van der Waals surface area contributed by atoms with Crippen molar-refractivity contribution in [3.63, 3.8) is 0 Å². The number of hydrogen-bond donors (Lipinski definition) is 1. The van der Waals surface area contributed by atoms with Crippen LogP contribution in [0.3, 0.4) is 0 Å². The van der Waals surface area contributed by atoms with E-state index < -0.39 is 5.97 Å². The first-order valence-electron chi connectivity index (χ1n) is 7.74. The molecule has 0 spiro atoms. The summed E-state index contributed by atoms with van der Waals surface area (Å²) < 4.78 is 5.18. The van der Waals surface area contributed by atoms with Gasteiger partial charge in [0.25, 0.3) is 0 Å². The molecule has 1 aromatic rings. The summed E-state index contributed by atoms with van der Waals surface area (Å²) in [5, 5.41) is 8.95. The van der Waals surface area contributed by atoms with E-state index in [2.05, 4.69) is 0 Å². The van der Waals surface area contributed by atoms with Crippen molar-refractivity contribution < 1.29 is 23.9 Å². The molecule has 0 aliphatic carbocycles. The molecule has 7 heteroatoms. The van der Waals surface area contributed by atoms with Crippen LogP contribution in [0.4, 0.5) is 0 Å². The van der Waals surface area contributed by atoms with Crippen LogP contribution in [-0.2, 0) is 20.8 Å². The molecule has 7 nitrogen and oxygen atoms in total. The summed E-state index contributed by atoms with van der Waals surface area (Å²) in [4.78, 5) is 38.2. The van der Waals surface area contributed by atoms with Crippen LogP contribution in [0, 0.1) is 5.92 Å². The Morgan fingerprint density at radius 1 is 1.35 bits per heavy atom. The van der Waals surface area contributed by atoms with Crippen LogP contribution in [0.25, 0.3) is 0 Å². The minimum absolute atomic E-state index is 0.0225. The fourth-order valence-electron chi connectivity index (χ4n) is 2.64. The van der Waals surface area contributed by atoms with Crippen molar-refractivity contribution in [3.05, 3.63) is 24.2 Å². The van der Waals surface area contributed by atoms with Crippen LogP contribution in [0.2, 0.25) is 0 Å². The first kappa shape index (κ1) is 17.1. The van der Waals surface area contributed by atoms with E-state index in [0.29, 0.717) is 38.8 Å². The Balaban J connectivity index is 1.73. The van der Waals surface area contributed by atoms with Gasteiger partial charge in [-0.2, -0.15) is 0 Å². The molecule has 1 aromatic heterocycles. The highest BCUT2D eigenvalue weighted by Gasteiger charge is 2.27. The van der Waals surface area contributed by atoms with Crippen molar-refractivity contribution in [2.45, 2.75) is 25.7 Å². The summed E-state index contributed by atoms with van der Waals surface area (Å²) in [5.74, 6) is -0.680. The topological polar surface area (TPSA) is 91.1 Å². The average Bonchev–Trinajstić information content (AvgIpc) is 3.05. The summed E-state index contributed by atoms with van der Waals surface area (Å²) in [6.07, 6.45) is 3.30. The number of furan rings is 1. The molecule has 23 heavy (non-hydrogen) atoms. The molecule has 0 atom stereocenters. The second-order valence-electron chi connectivity index (χ2n) is 5.82. The summed E-state index contributed by atoms with van der Waals surface area (Å²) in [6.45, 7) is 0.892. The maximum atomic E-state index is 12.2. The number of nitrogens with zero attached hydrogens (tertiary/aromatic N) is 2. The number of carboxylic acid groups (broad SMARTS) is 1. The Hall–Kier alpha value is -2.31. The van der Waals surface area contributed by atoms with E-state index in [1.54, 1.807) is 24.3 Å². The van der Waals surface area contributed by atoms with E-state index in [-0.39, 0.29) is 24.3 Å². The summed E-state index contributed by atoms with van der Waals surface area (Å²) >= 11 is 0. The zero-order valence-corrected chi connectivity index (χ0v) is 13.2. The Kier molecular flexibility index (Phi) is 5.78. The lowest BCUT2D eigenvalue weighted by Crippen LogP contribution is -2.45. The largest absolute Gasteiger partial charge is 0.481 e. The number of carbonyl (C=O) groups is 3. The zero-order chi connectivity index (χ0) is 16.8. The molecule has 1 aliphatic heterocycles. The zero-order valence-electron chi connectivity index (χ0n) is 13.2. The summed E-state index contributed by atoms with van der Waals surface area (Å²) in [5.41, 5.74) is 0. The van der Waals surface area contributed by atoms with Crippen LogP contribution >= 0.6 is 0 Å². The molecule has 0 radical (unpaired) electrons. The SMILES string of the molecule is CN(CC(=O)N1CCC(C(=O)O)CC1)C(=O)CCc1ccco1. The second-order valence-corrected chi connectivity index (χ2v) is 5.82. The predicted octanol–water partition coefficient (Wildman–Crippen LogP) is 0.994. The number of aryl methyl sites for hydroxylation is 1. The Morgan fingerprint density at radius 3 is 2.61 bits per heavy atom. The van der Waals surface area contributed by atoms with Gasteiger partial charge in [-0.15, -0.1) is 0 Å². The van der Waals surface area contributed by atoms with Gasteiger partial charge in [-0.05, 0) is 25.0 Å². The summed E-state index contributed by atoms with van der Waals surface area (Å²) in [7, 11) is 1.60. The van der Waals surface area contributed by atoms with Gasteiger partial charge >= 0.3 is 5.97 Å². The van der Waals surface area contributed by atoms with Crippen LogP contribution in [0.5, 0.6) is 0 Å². The minimum atomic E-state index is -0.803. The first-order valence-corrected chi connectivity index (χ1v) is 7.74. The van der Waals surface area contributed by atoms with Gasteiger partial charge in [-0.1, -0.05) is 0 Å². The smallest absolute Gasteiger partial charge is 0.306 e. The molecule has 0 saturated carbocycles. The number of carboxylic acids is 1. The lowest BCUT2D eigenvalue weighted by molar-refractivity contribution is -0.146. The number of hydrogen-bond acceptors (Lipinski definition) is 4. The van der Waals surface area contributed by atoms with Gasteiger partial charge in [0.15, 0.2) is 0 Å². The van der Waals surface area contributed by atoms with Crippen LogP contribution < -0.4 is 0 Å². The lowest BCUT2D eigenvalue weighted by atomic mass is 9.97. The number of piperidine rings is 1. The Morgan fingerprint density at radius 2 is 2.04 bits per heavy atom. The molecule has 126 valence electrons. The van der Waals surface area contributed by atoms with Gasteiger partial charge in [0.1, 0.15) is 5.76 Å². The number of amides is 2. The first-order chi connectivity index (χ1) is 11.0. The average molecular weight is 322 g/mol. The molecular formula is C16H22N2O5. The Bertz CT molecular complexity index is 547. The van der Waals surface area contributed by atoms with Crippen molar-refractivity contribution in [1.82, 2.24) is 9.80 Å². The number of likely N-dealkylation sites (tertiary alicyclic amines) is 1. The van der Waals surface area contributed by atoms with Gasteiger partial charge in [-0.3, -0.25) is 14.4 Å². The molecule has 2 rings (SSSR count). The van der Waals surface area contributed by atoms with Gasteiger partial charge in [0, 0.05) is 33.0 Å². The van der Waals surface area contributed by atoms with Gasteiger partial charge in [0.05, 0.1) is 18.7 Å². The van der Waals surface area contributed by atoms with E-state index in [1.807, 2.05) is 6.07 Å². The molecular weight excluding hydrogens is 300 g/mol. The maximum Gasteiger partial charge on any atom is 0.306 e. The van der Waals surface area contributed by atoms with E-state index in [4.69, 9.17) is 9.52 Å². The number of likely N-dealkylation sites (N-methyl/N-ethyl adjacent to an activating group) is 1. The lowest BCUT2D eigenvalue weighted by Gasteiger charge is -2.31. The highest BCUT2D eigenvalue weighted by Crippen LogP contribution is 2.17. The second kappa shape index (κ2) is 7.80. The van der Waals surface area contributed by atoms with Crippen molar-refractivity contribution in [3.8, 4) is 0 Å². The molecule has 0 bridgehead atoms. The van der Waals surface area contributed by atoms with Crippen molar-refractivity contribution in [2.24, 2.45) is 5.92 Å². The number of aliphatic carboxylic acids is 1. The predicted molar refractivity (Wildman–Crippen MR) is 81.6 cm³/mol. The number of rotatable bonds is 6. The molecule has 0 aromatic carbocycles. The molecule has 1 fully saturated rings. The van der Waals surface area contributed by atoms with E-state index in [0.717, 1.165) is 5.76 Å². The molecule has 1 saturated heterocycles. The monoisotopic (exact) mass is 322 g/mol. The van der Waals surface area contributed by atoms with Crippen molar-refractivity contribution in [2.75, 3.05) is 26.7 Å². The third kappa shape index (κ3) is 4.84. The van der Waals surface area contributed by atoms with Crippen LogP contribution in [0.1, 0.15) is 25.0 Å².